The third-order valence-electron chi connectivity index (χ3n) is 4.30. The fourth-order valence-corrected chi connectivity index (χ4v) is 2.88. The molecule has 1 fully saturated rings. The molecule has 0 aliphatic carbocycles. The van der Waals surface area contributed by atoms with Crippen LogP contribution in [0.25, 0.3) is 11.1 Å². The summed E-state index contributed by atoms with van der Waals surface area (Å²) in [5, 5.41) is 0. The van der Waals surface area contributed by atoms with E-state index in [2.05, 4.69) is 17.1 Å². The number of carbonyl (C=O) groups excluding carboxylic acids is 1. The van der Waals surface area contributed by atoms with Gasteiger partial charge in [-0.2, -0.15) is 0 Å². The summed E-state index contributed by atoms with van der Waals surface area (Å²) in [7, 11) is 0. The van der Waals surface area contributed by atoms with E-state index in [0.717, 1.165) is 11.1 Å². The van der Waals surface area contributed by atoms with Crippen LogP contribution in [0.3, 0.4) is 0 Å². The molecule has 4 rings (SSSR count). The van der Waals surface area contributed by atoms with Crippen molar-refractivity contribution in [1.82, 2.24) is 9.88 Å². The first-order valence-electron chi connectivity index (χ1n) is 8.32. The van der Waals surface area contributed by atoms with Crippen LogP contribution in [0, 0.1) is 0 Å². The fourth-order valence-electron chi connectivity index (χ4n) is 2.88. The van der Waals surface area contributed by atoms with E-state index in [0.29, 0.717) is 24.5 Å². The van der Waals surface area contributed by atoms with E-state index in [1.54, 1.807) is 11.1 Å². The molecule has 2 heterocycles. The molecule has 1 aliphatic heterocycles. The number of nitrogens with zero attached hydrogens (tertiary/aromatic N) is 2. The van der Waals surface area contributed by atoms with Crippen molar-refractivity contribution in [2.24, 2.45) is 0 Å². The number of ether oxygens (including phenoxy) is 1. The summed E-state index contributed by atoms with van der Waals surface area (Å²) in [5.41, 5.74) is 2.96. The van der Waals surface area contributed by atoms with Crippen molar-refractivity contribution in [2.75, 3.05) is 13.1 Å². The topological polar surface area (TPSA) is 42.4 Å². The molecule has 0 unspecified atom stereocenters. The van der Waals surface area contributed by atoms with Crippen molar-refractivity contribution in [2.45, 2.75) is 6.10 Å². The van der Waals surface area contributed by atoms with Gasteiger partial charge in [-0.05, 0) is 29.3 Å². The van der Waals surface area contributed by atoms with Gasteiger partial charge in [0.15, 0.2) is 0 Å². The maximum Gasteiger partial charge on any atom is 0.254 e. The van der Waals surface area contributed by atoms with E-state index < -0.39 is 0 Å². The Bertz CT molecular complexity index is 842. The summed E-state index contributed by atoms with van der Waals surface area (Å²) in [6, 6.07) is 23.5. The van der Waals surface area contributed by atoms with Crippen molar-refractivity contribution in [3.05, 3.63) is 84.6 Å². The van der Waals surface area contributed by atoms with Gasteiger partial charge in [0.1, 0.15) is 6.10 Å². The smallest absolute Gasteiger partial charge is 0.254 e. The average Bonchev–Trinajstić information content (AvgIpc) is 2.65. The van der Waals surface area contributed by atoms with Gasteiger partial charge in [0.05, 0.1) is 13.1 Å². The van der Waals surface area contributed by atoms with Crippen LogP contribution in [-0.2, 0) is 0 Å². The zero-order valence-electron chi connectivity index (χ0n) is 13.7. The molecule has 1 aliphatic rings. The quantitative estimate of drug-likeness (QED) is 0.733. The minimum Gasteiger partial charge on any atom is -0.471 e. The Morgan fingerprint density at radius 1 is 0.880 bits per heavy atom. The maximum absolute atomic E-state index is 12.5. The SMILES string of the molecule is O=C(c1ccc(-c2ccccc2)cc1)N1CC(Oc2ccccn2)C1. The molecular formula is C21H18N2O2. The molecule has 2 aromatic carbocycles. The first-order chi connectivity index (χ1) is 12.3. The van der Waals surface area contributed by atoms with Gasteiger partial charge < -0.3 is 9.64 Å². The normalized spacial score (nSPS) is 14.0. The number of amides is 1. The van der Waals surface area contributed by atoms with E-state index in [1.807, 2.05) is 60.7 Å². The summed E-state index contributed by atoms with van der Waals surface area (Å²) >= 11 is 0. The van der Waals surface area contributed by atoms with E-state index in [1.165, 1.54) is 0 Å². The molecular weight excluding hydrogens is 312 g/mol. The predicted molar refractivity (Wildman–Crippen MR) is 96.4 cm³/mol. The second-order valence-corrected chi connectivity index (χ2v) is 6.06. The standard InChI is InChI=1S/C21H18N2O2/c24-21(23-14-19(15-23)25-20-8-4-5-13-22-20)18-11-9-17(10-12-18)16-6-2-1-3-7-16/h1-13,19H,14-15H2. The lowest BCUT2D eigenvalue weighted by atomic mass is 10.0. The predicted octanol–water partition coefficient (Wildman–Crippen LogP) is 3.65. The Kier molecular flexibility index (Phi) is 4.17. The van der Waals surface area contributed by atoms with Crippen molar-refractivity contribution in [1.29, 1.82) is 0 Å². The van der Waals surface area contributed by atoms with Gasteiger partial charge in [-0.1, -0.05) is 48.5 Å². The van der Waals surface area contributed by atoms with Crippen molar-refractivity contribution < 1.29 is 9.53 Å². The van der Waals surface area contributed by atoms with Crippen LogP contribution < -0.4 is 4.74 Å². The second-order valence-electron chi connectivity index (χ2n) is 6.06. The molecule has 4 nitrogen and oxygen atoms in total. The van der Waals surface area contributed by atoms with Crippen molar-refractivity contribution in [3.8, 4) is 17.0 Å². The van der Waals surface area contributed by atoms with Crippen LogP contribution in [0.1, 0.15) is 10.4 Å². The summed E-state index contributed by atoms with van der Waals surface area (Å²) in [5.74, 6) is 0.646. The highest BCUT2D eigenvalue weighted by atomic mass is 16.5. The lowest BCUT2D eigenvalue weighted by Gasteiger charge is -2.38. The number of hydrogen-bond acceptors (Lipinski definition) is 3. The summed E-state index contributed by atoms with van der Waals surface area (Å²) in [4.78, 5) is 18.5. The summed E-state index contributed by atoms with van der Waals surface area (Å²) in [6.45, 7) is 1.19. The molecule has 1 saturated heterocycles. The number of benzene rings is 2. The first-order valence-corrected chi connectivity index (χ1v) is 8.32. The Labute approximate surface area is 146 Å². The Morgan fingerprint density at radius 2 is 1.56 bits per heavy atom. The Morgan fingerprint density at radius 3 is 2.24 bits per heavy atom. The highest BCUT2D eigenvalue weighted by molar-refractivity contribution is 5.95. The van der Waals surface area contributed by atoms with Crippen LogP contribution in [0.5, 0.6) is 5.88 Å². The van der Waals surface area contributed by atoms with Crippen LogP contribution in [0.2, 0.25) is 0 Å². The number of aromatic nitrogens is 1. The number of likely N-dealkylation sites (tertiary alicyclic amines) is 1. The molecule has 1 amide bonds. The van der Waals surface area contributed by atoms with E-state index in [9.17, 15) is 4.79 Å². The van der Waals surface area contributed by atoms with Gasteiger partial charge in [-0.25, -0.2) is 4.98 Å². The summed E-state index contributed by atoms with van der Waals surface area (Å²) < 4.78 is 5.74. The molecule has 3 aromatic rings. The largest absolute Gasteiger partial charge is 0.471 e. The number of rotatable bonds is 4. The van der Waals surface area contributed by atoms with Gasteiger partial charge in [0.25, 0.3) is 5.91 Å². The van der Waals surface area contributed by atoms with E-state index in [-0.39, 0.29) is 12.0 Å². The second kappa shape index (κ2) is 6.77. The Hall–Kier alpha value is -3.14. The van der Waals surface area contributed by atoms with Gasteiger partial charge in [-0.3, -0.25) is 4.79 Å². The fraction of sp³-hybridized carbons (Fsp3) is 0.143. The van der Waals surface area contributed by atoms with E-state index in [4.69, 9.17) is 4.74 Å². The van der Waals surface area contributed by atoms with Gasteiger partial charge in [0, 0.05) is 17.8 Å². The number of hydrogen-bond donors (Lipinski definition) is 0. The molecule has 0 bridgehead atoms. The number of pyridine rings is 1. The zero-order chi connectivity index (χ0) is 17.1. The monoisotopic (exact) mass is 330 g/mol. The highest BCUT2D eigenvalue weighted by Gasteiger charge is 2.33. The van der Waals surface area contributed by atoms with Crippen LogP contribution in [0.4, 0.5) is 0 Å². The lowest BCUT2D eigenvalue weighted by molar-refractivity contribution is 0.0160. The van der Waals surface area contributed by atoms with Gasteiger partial charge in [-0.15, -0.1) is 0 Å². The molecule has 0 atom stereocenters. The zero-order valence-corrected chi connectivity index (χ0v) is 13.7. The van der Waals surface area contributed by atoms with Gasteiger partial charge >= 0.3 is 0 Å². The van der Waals surface area contributed by atoms with Crippen LogP contribution in [-0.4, -0.2) is 35.0 Å². The van der Waals surface area contributed by atoms with Crippen LogP contribution in [0.15, 0.2) is 79.0 Å². The van der Waals surface area contributed by atoms with E-state index >= 15 is 0 Å². The molecule has 0 N–H and O–H groups in total. The van der Waals surface area contributed by atoms with Crippen LogP contribution >= 0.6 is 0 Å². The molecule has 25 heavy (non-hydrogen) atoms. The lowest BCUT2D eigenvalue weighted by Crippen LogP contribution is -2.56. The minimum atomic E-state index is 0.0161. The molecule has 1 aromatic heterocycles. The molecule has 0 radical (unpaired) electrons. The van der Waals surface area contributed by atoms with Crippen molar-refractivity contribution >= 4 is 5.91 Å². The third kappa shape index (κ3) is 3.38. The highest BCUT2D eigenvalue weighted by Crippen LogP contribution is 2.22. The first kappa shape index (κ1) is 15.4. The molecule has 0 spiro atoms. The van der Waals surface area contributed by atoms with Gasteiger partial charge in [0.2, 0.25) is 5.88 Å². The molecule has 4 heteroatoms. The summed E-state index contributed by atoms with van der Waals surface area (Å²) in [6.07, 6.45) is 1.72. The Balaban J connectivity index is 1.36. The average molecular weight is 330 g/mol. The third-order valence-corrected chi connectivity index (χ3v) is 4.30. The molecule has 124 valence electrons. The maximum atomic E-state index is 12.5. The number of carbonyl (C=O) groups is 1. The molecule has 0 saturated carbocycles. The minimum absolute atomic E-state index is 0.0161. The van der Waals surface area contributed by atoms with Crippen molar-refractivity contribution in [3.63, 3.8) is 0 Å².